The van der Waals surface area contributed by atoms with Gasteiger partial charge in [0.25, 0.3) is 5.91 Å². The van der Waals surface area contributed by atoms with Crippen LogP contribution in [0.25, 0.3) is 16.7 Å². The first-order valence-electron chi connectivity index (χ1n) is 8.62. The van der Waals surface area contributed by atoms with Gasteiger partial charge in [-0.1, -0.05) is 35.3 Å². The number of nitrogens with zero attached hydrogens (tertiary/aromatic N) is 2. The summed E-state index contributed by atoms with van der Waals surface area (Å²) in [7, 11) is 0. The summed E-state index contributed by atoms with van der Waals surface area (Å²) < 4.78 is 16.6. The minimum Gasteiger partial charge on any atom is -0.366 e. The van der Waals surface area contributed by atoms with Gasteiger partial charge in [0.15, 0.2) is 0 Å². The Labute approximate surface area is 178 Å². The number of para-hydroxylation sites is 1. The van der Waals surface area contributed by atoms with Crippen LogP contribution in [-0.4, -0.2) is 20.9 Å². The van der Waals surface area contributed by atoms with E-state index in [9.17, 15) is 18.8 Å². The molecule has 4 rings (SSSR count). The molecule has 0 bridgehead atoms. The molecular formula is C21H12Cl2FN3O3. The summed E-state index contributed by atoms with van der Waals surface area (Å²) in [4.78, 5) is 37.8. The highest BCUT2D eigenvalue weighted by molar-refractivity contribution is 6.39. The molecule has 0 unspecified atom stereocenters. The lowest BCUT2D eigenvalue weighted by Gasteiger charge is -2.06. The van der Waals surface area contributed by atoms with Crippen LogP contribution < -0.4 is 11.4 Å². The van der Waals surface area contributed by atoms with E-state index in [0.717, 1.165) is 9.13 Å². The van der Waals surface area contributed by atoms with Crippen LogP contribution in [-0.2, 0) is 0 Å². The molecule has 0 aliphatic heterocycles. The number of amides is 1. The second-order valence-corrected chi connectivity index (χ2v) is 7.19. The van der Waals surface area contributed by atoms with Crippen LogP contribution in [0, 0.1) is 5.82 Å². The van der Waals surface area contributed by atoms with Gasteiger partial charge in [0.05, 0.1) is 26.8 Å². The van der Waals surface area contributed by atoms with Crippen molar-refractivity contribution in [3.63, 3.8) is 0 Å². The van der Waals surface area contributed by atoms with Crippen molar-refractivity contribution < 1.29 is 14.0 Å². The van der Waals surface area contributed by atoms with Gasteiger partial charge in [0.1, 0.15) is 11.3 Å². The Morgan fingerprint density at radius 3 is 2.10 bits per heavy atom. The second-order valence-electron chi connectivity index (χ2n) is 6.37. The van der Waals surface area contributed by atoms with Crippen molar-refractivity contribution in [3.05, 3.63) is 98.1 Å². The fraction of sp³-hybridized carbons (Fsp3) is 0. The van der Waals surface area contributed by atoms with Crippen LogP contribution in [0.15, 0.2) is 65.5 Å². The summed E-state index contributed by atoms with van der Waals surface area (Å²) in [6.07, 6.45) is 0. The molecule has 0 radical (unpaired) electrons. The average molecular weight is 444 g/mol. The van der Waals surface area contributed by atoms with E-state index in [1.165, 1.54) is 54.6 Å². The number of imidazole rings is 1. The second kappa shape index (κ2) is 7.44. The normalized spacial score (nSPS) is 11.0. The molecule has 2 N–H and O–H groups in total. The van der Waals surface area contributed by atoms with Gasteiger partial charge in [0, 0.05) is 5.56 Å². The van der Waals surface area contributed by atoms with Crippen LogP contribution in [0.5, 0.6) is 0 Å². The number of hydrogen-bond donors (Lipinski definition) is 1. The SMILES string of the molecule is NC(=O)c1ccc(-n2c(=O)n(C(=O)c3c(Cl)cccc3Cl)c3cccc(F)c32)cc1. The van der Waals surface area contributed by atoms with Crippen molar-refractivity contribution in [3.8, 4) is 5.69 Å². The summed E-state index contributed by atoms with van der Waals surface area (Å²) in [6, 6.07) is 14.2. The number of carbonyl (C=O) groups is 2. The van der Waals surface area contributed by atoms with Crippen molar-refractivity contribution in [2.75, 3.05) is 0 Å². The van der Waals surface area contributed by atoms with Crippen molar-refractivity contribution in [2.24, 2.45) is 5.73 Å². The molecule has 0 aliphatic rings. The van der Waals surface area contributed by atoms with Gasteiger partial charge >= 0.3 is 5.69 Å². The molecule has 0 saturated heterocycles. The topological polar surface area (TPSA) is 87.1 Å². The fourth-order valence-electron chi connectivity index (χ4n) is 3.23. The third-order valence-corrected chi connectivity index (χ3v) is 5.23. The Bertz CT molecular complexity index is 1370. The summed E-state index contributed by atoms with van der Waals surface area (Å²) in [5.74, 6) is -2.15. The van der Waals surface area contributed by atoms with Crippen LogP contribution in [0.1, 0.15) is 20.7 Å². The Balaban J connectivity index is 2.03. The number of halogens is 3. The maximum atomic E-state index is 14.7. The van der Waals surface area contributed by atoms with Crippen LogP contribution >= 0.6 is 23.2 Å². The molecule has 0 spiro atoms. The predicted molar refractivity (Wildman–Crippen MR) is 112 cm³/mol. The molecule has 1 amide bonds. The highest BCUT2D eigenvalue weighted by Gasteiger charge is 2.25. The van der Waals surface area contributed by atoms with Gasteiger partial charge in [-0.25, -0.2) is 13.8 Å². The molecule has 4 aromatic rings. The Morgan fingerprint density at radius 1 is 0.900 bits per heavy atom. The van der Waals surface area contributed by atoms with Crippen LogP contribution in [0.2, 0.25) is 10.0 Å². The molecule has 0 saturated carbocycles. The third kappa shape index (κ3) is 3.08. The molecule has 1 heterocycles. The zero-order valence-electron chi connectivity index (χ0n) is 15.1. The summed E-state index contributed by atoms with van der Waals surface area (Å²) in [5.41, 5.74) is 4.75. The van der Waals surface area contributed by atoms with Gasteiger partial charge in [0.2, 0.25) is 5.91 Å². The van der Waals surface area contributed by atoms with Gasteiger partial charge in [-0.05, 0) is 48.5 Å². The molecule has 0 aliphatic carbocycles. The van der Waals surface area contributed by atoms with Gasteiger partial charge in [-0.3, -0.25) is 14.2 Å². The molecule has 150 valence electrons. The van der Waals surface area contributed by atoms with E-state index >= 15 is 0 Å². The predicted octanol–water partition coefficient (Wildman–Crippen LogP) is 4.03. The minimum absolute atomic E-state index is 0.0416. The lowest BCUT2D eigenvalue weighted by Crippen LogP contribution is -2.29. The number of hydrogen-bond acceptors (Lipinski definition) is 3. The van der Waals surface area contributed by atoms with E-state index in [1.807, 2.05) is 0 Å². The number of primary amides is 1. The van der Waals surface area contributed by atoms with E-state index in [2.05, 4.69) is 0 Å². The number of fused-ring (bicyclic) bond motifs is 1. The molecule has 3 aromatic carbocycles. The van der Waals surface area contributed by atoms with E-state index in [4.69, 9.17) is 28.9 Å². The van der Waals surface area contributed by atoms with Gasteiger partial charge in [-0.15, -0.1) is 0 Å². The maximum Gasteiger partial charge on any atom is 0.340 e. The lowest BCUT2D eigenvalue weighted by atomic mass is 10.2. The Kier molecular flexibility index (Phi) is 4.93. The monoisotopic (exact) mass is 443 g/mol. The maximum absolute atomic E-state index is 14.7. The quantitative estimate of drug-likeness (QED) is 0.518. The minimum atomic E-state index is -0.817. The summed E-state index contributed by atoms with van der Waals surface area (Å²) >= 11 is 12.3. The molecular weight excluding hydrogens is 432 g/mol. The van der Waals surface area contributed by atoms with Crippen LogP contribution in [0.4, 0.5) is 4.39 Å². The van der Waals surface area contributed by atoms with E-state index < -0.39 is 23.3 Å². The molecule has 6 nitrogen and oxygen atoms in total. The first-order chi connectivity index (χ1) is 14.3. The van der Waals surface area contributed by atoms with Crippen LogP contribution in [0.3, 0.4) is 0 Å². The van der Waals surface area contributed by atoms with Crippen molar-refractivity contribution in [1.82, 2.24) is 9.13 Å². The first kappa shape index (κ1) is 19.9. The van der Waals surface area contributed by atoms with E-state index in [1.54, 1.807) is 6.07 Å². The number of aromatic nitrogens is 2. The molecule has 0 fully saturated rings. The van der Waals surface area contributed by atoms with Gasteiger partial charge < -0.3 is 5.73 Å². The highest BCUT2D eigenvalue weighted by atomic mass is 35.5. The van der Waals surface area contributed by atoms with E-state index in [-0.39, 0.29) is 37.9 Å². The van der Waals surface area contributed by atoms with Gasteiger partial charge in [-0.2, -0.15) is 0 Å². The lowest BCUT2D eigenvalue weighted by molar-refractivity contribution is 0.0959. The number of rotatable bonds is 3. The molecule has 30 heavy (non-hydrogen) atoms. The van der Waals surface area contributed by atoms with Crippen molar-refractivity contribution >= 4 is 46.0 Å². The number of benzene rings is 3. The molecule has 9 heteroatoms. The standard InChI is InChI=1S/C21H12Cl2FN3O3/c22-13-3-1-4-14(23)17(13)20(29)27-16-6-2-5-15(24)18(16)26(21(27)30)12-9-7-11(8-10-12)19(25)28/h1-10H,(H2,25,28). The Hall–Kier alpha value is -3.42. The molecule has 1 aromatic heterocycles. The highest BCUT2D eigenvalue weighted by Crippen LogP contribution is 2.27. The first-order valence-corrected chi connectivity index (χ1v) is 9.37. The smallest absolute Gasteiger partial charge is 0.340 e. The van der Waals surface area contributed by atoms with Crippen molar-refractivity contribution in [2.45, 2.75) is 0 Å². The third-order valence-electron chi connectivity index (χ3n) is 4.60. The van der Waals surface area contributed by atoms with Crippen molar-refractivity contribution in [1.29, 1.82) is 0 Å². The van der Waals surface area contributed by atoms with E-state index in [0.29, 0.717) is 0 Å². The zero-order chi connectivity index (χ0) is 21.6. The zero-order valence-corrected chi connectivity index (χ0v) is 16.6. The molecule has 0 atom stereocenters. The number of nitrogens with two attached hydrogens (primary N) is 1. The summed E-state index contributed by atoms with van der Waals surface area (Å²) in [5, 5.41) is 0.116. The largest absolute Gasteiger partial charge is 0.366 e. The summed E-state index contributed by atoms with van der Waals surface area (Å²) in [6.45, 7) is 0. The average Bonchev–Trinajstić information content (AvgIpc) is 3.01. The Morgan fingerprint density at radius 2 is 1.50 bits per heavy atom. The number of carbonyl (C=O) groups excluding carboxylic acids is 2. The fourth-order valence-corrected chi connectivity index (χ4v) is 3.79.